The Kier molecular flexibility index (Phi) is 13.9. The fourth-order valence-electron chi connectivity index (χ4n) is 5.48. The molecule has 0 amide bonds. The third-order valence-electron chi connectivity index (χ3n) is 7.96. The van der Waals surface area contributed by atoms with Crippen molar-refractivity contribution in [1.29, 1.82) is 0 Å². The van der Waals surface area contributed by atoms with E-state index in [1.165, 1.54) is 63.7 Å². The van der Waals surface area contributed by atoms with Crippen LogP contribution < -0.4 is 68.6 Å². The molecule has 0 heterocycles. The predicted octanol–water partition coefficient (Wildman–Crippen LogP) is 2.45. The van der Waals surface area contributed by atoms with Gasteiger partial charge in [0.25, 0.3) is 0 Å². The summed E-state index contributed by atoms with van der Waals surface area (Å²) in [6.45, 7) is 0. The predicted molar refractivity (Wildman–Crippen MR) is 191 cm³/mol. The molecule has 20 heteroatoms. The first-order valence-corrected chi connectivity index (χ1v) is 18.0. The maximum atomic E-state index is 12.2. The zero-order valence-electron chi connectivity index (χ0n) is 29.8. The third kappa shape index (κ3) is 9.21. The van der Waals surface area contributed by atoms with Crippen molar-refractivity contribution in [2.75, 3.05) is 21.3 Å². The Hall–Kier alpha value is -4.34. The van der Waals surface area contributed by atoms with Crippen molar-refractivity contribution in [3.63, 3.8) is 0 Å². The van der Waals surface area contributed by atoms with Crippen LogP contribution in [0, 0.1) is 0 Å². The molecule has 0 aliphatic carbocycles. The Morgan fingerprint density at radius 1 is 0.564 bits per heavy atom. The van der Waals surface area contributed by atoms with Crippen LogP contribution >= 0.6 is 0 Å². The van der Waals surface area contributed by atoms with E-state index in [4.69, 9.17) is 9.47 Å². The number of rotatable bonds is 10. The first kappa shape index (κ1) is 43.4. The first-order chi connectivity index (χ1) is 25.2. The molecule has 0 fully saturated rings. The third-order valence-corrected chi connectivity index (χ3v) is 9.69. The van der Waals surface area contributed by atoms with Crippen LogP contribution in [-0.4, -0.2) is 57.4 Å². The largest absolute Gasteiger partial charge is 1.00 e. The van der Waals surface area contributed by atoms with Gasteiger partial charge in [-0.2, -0.15) is 10.2 Å². The number of phenolic OH excluding ortho intramolecular Hbond substituents is 2. The van der Waals surface area contributed by atoms with Crippen molar-refractivity contribution < 1.29 is 105 Å². The van der Waals surface area contributed by atoms with Crippen LogP contribution in [0.3, 0.4) is 0 Å². The number of aromatic hydroxyl groups is 2. The second-order valence-electron chi connectivity index (χ2n) is 11.1. The van der Waals surface area contributed by atoms with Crippen LogP contribution in [0.25, 0.3) is 32.7 Å². The summed E-state index contributed by atoms with van der Waals surface area (Å²) >= 11 is 0. The summed E-state index contributed by atoms with van der Waals surface area (Å²) in [5, 5.41) is 46.2. The zero-order chi connectivity index (χ0) is 38.1. The number of azo groups is 3. The standard InChI is InChI=1S/C35H28N6O10S2.2Na/c1-36-37-22-11-8-21-16-32(53(47,48)49)33(35(43)25(21)17-22)41-39-27-13-10-20(15-30(27)51-3)19-9-12-26(29(14-19)50-2)38-40-28-18-31(52(44,45)46)23-6-4-5-7-24(23)34(28)42;;/h4-18,42-43H,1-3H3,(H,44,45,46)(H,47,48,49);;/q;2*+1/p-2. The Morgan fingerprint density at radius 2 is 1.11 bits per heavy atom. The molecule has 0 unspecified atom stereocenters. The van der Waals surface area contributed by atoms with Crippen LogP contribution in [0.5, 0.6) is 23.0 Å². The molecule has 0 atom stereocenters. The van der Waals surface area contributed by atoms with Gasteiger partial charge in [-0.25, -0.2) is 16.8 Å². The molecular weight excluding hydrogens is 775 g/mol. The van der Waals surface area contributed by atoms with Crippen LogP contribution in [0.2, 0.25) is 0 Å². The van der Waals surface area contributed by atoms with Gasteiger partial charge in [0, 0.05) is 23.2 Å². The number of benzene rings is 6. The quantitative estimate of drug-likeness (QED) is 0.116. The normalized spacial score (nSPS) is 12.0. The molecule has 6 aromatic carbocycles. The van der Waals surface area contributed by atoms with Gasteiger partial charge < -0.3 is 28.8 Å². The molecule has 6 rings (SSSR count). The molecule has 0 aliphatic heterocycles. The van der Waals surface area contributed by atoms with Crippen molar-refractivity contribution in [1.82, 2.24) is 0 Å². The zero-order valence-corrected chi connectivity index (χ0v) is 35.5. The van der Waals surface area contributed by atoms with Gasteiger partial charge in [0.2, 0.25) is 0 Å². The molecule has 55 heavy (non-hydrogen) atoms. The average molecular weight is 801 g/mol. The monoisotopic (exact) mass is 800 g/mol. The molecule has 270 valence electrons. The molecule has 0 radical (unpaired) electrons. The molecule has 0 spiro atoms. The van der Waals surface area contributed by atoms with E-state index in [1.54, 1.807) is 36.4 Å². The Balaban J connectivity index is 0.00000336. The van der Waals surface area contributed by atoms with E-state index in [1.807, 2.05) is 0 Å². The summed E-state index contributed by atoms with van der Waals surface area (Å²) in [6, 6.07) is 22.1. The SMILES string of the molecule is CN=Nc1ccc2cc(S(=O)(=O)[O-])c(N=Nc3ccc(-c4ccc(N=Nc5cc(S(=O)(=O)[O-])c6ccccc6c5O)c(OC)c4)cc3OC)c(O)c2c1.[Na+].[Na+]. The minimum atomic E-state index is -5.09. The van der Waals surface area contributed by atoms with Gasteiger partial charge in [-0.15, -0.1) is 20.5 Å². The summed E-state index contributed by atoms with van der Waals surface area (Å²) in [5.74, 6) is -0.526. The van der Waals surface area contributed by atoms with Crippen molar-refractivity contribution >= 4 is 70.2 Å². The van der Waals surface area contributed by atoms with E-state index in [0.29, 0.717) is 16.8 Å². The number of methoxy groups -OCH3 is 2. The van der Waals surface area contributed by atoms with Crippen LogP contribution in [-0.2, 0) is 20.2 Å². The number of hydrogen-bond acceptors (Lipinski definition) is 16. The molecule has 16 nitrogen and oxygen atoms in total. The Bertz CT molecular complexity index is 2770. The van der Waals surface area contributed by atoms with E-state index in [0.717, 1.165) is 12.1 Å². The summed E-state index contributed by atoms with van der Waals surface area (Å²) in [7, 11) is -5.78. The first-order valence-electron chi connectivity index (χ1n) is 15.2. The van der Waals surface area contributed by atoms with Crippen LogP contribution in [0.1, 0.15) is 0 Å². The second kappa shape index (κ2) is 17.6. The summed E-state index contributed by atoms with van der Waals surface area (Å²) in [5.41, 5.74) is 1.11. The number of ether oxygens (including phenoxy) is 2. The van der Waals surface area contributed by atoms with Gasteiger partial charge in [0.15, 0.2) is 11.5 Å². The number of phenols is 2. The topological polar surface area (TPSA) is 247 Å². The number of fused-ring (bicyclic) bond motifs is 2. The molecule has 0 aliphatic rings. The maximum Gasteiger partial charge on any atom is 1.00 e. The summed E-state index contributed by atoms with van der Waals surface area (Å²) < 4.78 is 83.4. The maximum absolute atomic E-state index is 12.2. The second-order valence-corrected chi connectivity index (χ2v) is 13.8. The van der Waals surface area contributed by atoms with Crippen molar-refractivity contribution in [3.05, 3.63) is 91.0 Å². The molecule has 6 aromatic rings. The van der Waals surface area contributed by atoms with E-state index in [2.05, 4.69) is 30.7 Å². The van der Waals surface area contributed by atoms with Crippen molar-refractivity contribution in [2.45, 2.75) is 9.79 Å². The number of nitrogens with zero attached hydrogens (tertiary/aromatic N) is 6. The molecule has 2 N–H and O–H groups in total. The van der Waals surface area contributed by atoms with Gasteiger partial charge in [-0.1, -0.05) is 42.5 Å². The van der Waals surface area contributed by atoms with Gasteiger partial charge >= 0.3 is 59.1 Å². The van der Waals surface area contributed by atoms with Crippen molar-refractivity contribution in [2.24, 2.45) is 30.7 Å². The fourth-order valence-corrected chi connectivity index (χ4v) is 6.83. The molecular formula is C35H26N6Na2O10S2. The minimum Gasteiger partial charge on any atom is -0.744 e. The van der Waals surface area contributed by atoms with E-state index < -0.39 is 41.5 Å². The summed E-state index contributed by atoms with van der Waals surface area (Å²) in [4.78, 5) is -1.33. The average Bonchev–Trinajstić information content (AvgIpc) is 3.13. The Morgan fingerprint density at radius 3 is 1.65 bits per heavy atom. The molecule has 0 aromatic heterocycles. The van der Waals surface area contributed by atoms with Gasteiger partial charge in [-0.3, -0.25) is 0 Å². The van der Waals surface area contributed by atoms with Gasteiger partial charge in [0.05, 0.1) is 29.7 Å². The smallest absolute Gasteiger partial charge is 0.744 e. The Labute approximate surface area is 358 Å². The van der Waals surface area contributed by atoms with Crippen molar-refractivity contribution in [3.8, 4) is 34.1 Å². The van der Waals surface area contributed by atoms with E-state index in [9.17, 15) is 36.2 Å². The van der Waals surface area contributed by atoms with E-state index in [-0.39, 0.29) is 115 Å². The van der Waals surface area contributed by atoms with Crippen LogP contribution in [0.4, 0.5) is 28.4 Å². The molecule has 0 saturated carbocycles. The minimum absolute atomic E-state index is 0. The fraction of sp³-hybridized carbons (Fsp3) is 0.0857. The van der Waals surface area contributed by atoms with Gasteiger partial charge in [0.1, 0.15) is 54.5 Å². The number of hydrogen-bond donors (Lipinski definition) is 2. The van der Waals surface area contributed by atoms with Crippen LogP contribution in [0.15, 0.2) is 131 Å². The molecule has 0 saturated heterocycles. The van der Waals surface area contributed by atoms with E-state index >= 15 is 0 Å². The molecule has 0 bridgehead atoms. The summed E-state index contributed by atoms with van der Waals surface area (Å²) in [6.07, 6.45) is 0. The van der Waals surface area contributed by atoms with Gasteiger partial charge in [-0.05, 0) is 65.0 Å².